The van der Waals surface area contributed by atoms with Gasteiger partial charge >= 0.3 is 5.97 Å². The largest absolute Gasteiger partial charge is 0.479 e. The first kappa shape index (κ1) is 17.5. The van der Waals surface area contributed by atoms with E-state index in [9.17, 15) is 14.4 Å². The van der Waals surface area contributed by atoms with Crippen LogP contribution in [0.2, 0.25) is 0 Å². The summed E-state index contributed by atoms with van der Waals surface area (Å²) >= 11 is 0. The topological polar surface area (TPSA) is 95.9 Å². The maximum Gasteiger partial charge on any atom is 0.337 e. The number of hydrogen-bond acceptors (Lipinski definition) is 4. The number of para-hydroxylation sites is 3. The lowest BCUT2D eigenvalue weighted by Gasteiger charge is -2.32. The first-order chi connectivity index (χ1) is 12.5. The third kappa shape index (κ3) is 3.51. The highest BCUT2D eigenvalue weighted by Crippen LogP contribution is 2.33. The zero-order chi connectivity index (χ0) is 18.7. The van der Waals surface area contributed by atoms with Gasteiger partial charge in [-0.05, 0) is 31.2 Å². The average Bonchev–Trinajstić information content (AvgIpc) is 2.62. The Balaban J connectivity index is 1.70. The van der Waals surface area contributed by atoms with Crippen molar-refractivity contribution in [1.29, 1.82) is 0 Å². The van der Waals surface area contributed by atoms with E-state index in [1.54, 1.807) is 37.3 Å². The van der Waals surface area contributed by atoms with Crippen molar-refractivity contribution in [1.82, 2.24) is 0 Å². The molecule has 7 nitrogen and oxygen atoms in total. The highest BCUT2D eigenvalue weighted by atomic mass is 16.5. The molecule has 0 radical (unpaired) electrons. The zero-order valence-electron chi connectivity index (χ0n) is 14.1. The lowest BCUT2D eigenvalue weighted by molar-refractivity contribution is -0.125. The number of hydrogen-bond donors (Lipinski definition) is 2. The molecule has 7 heteroatoms. The number of nitrogens with zero attached hydrogens (tertiary/aromatic N) is 1. The van der Waals surface area contributed by atoms with Gasteiger partial charge in [0.1, 0.15) is 5.75 Å². The summed E-state index contributed by atoms with van der Waals surface area (Å²) in [4.78, 5) is 37.4. The monoisotopic (exact) mass is 354 g/mol. The van der Waals surface area contributed by atoms with Gasteiger partial charge in [0.05, 0.1) is 16.9 Å². The van der Waals surface area contributed by atoms with Crippen LogP contribution in [0.25, 0.3) is 0 Å². The predicted molar refractivity (Wildman–Crippen MR) is 95.5 cm³/mol. The van der Waals surface area contributed by atoms with Gasteiger partial charge in [-0.15, -0.1) is 0 Å². The molecule has 1 heterocycles. The summed E-state index contributed by atoms with van der Waals surface area (Å²) in [6, 6.07) is 13.3. The second-order valence-electron chi connectivity index (χ2n) is 5.87. The van der Waals surface area contributed by atoms with E-state index < -0.39 is 12.1 Å². The lowest BCUT2D eigenvalue weighted by atomic mass is 10.1. The van der Waals surface area contributed by atoms with Crippen LogP contribution in [-0.4, -0.2) is 35.5 Å². The van der Waals surface area contributed by atoms with E-state index in [2.05, 4.69) is 5.32 Å². The summed E-state index contributed by atoms with van der Waals surface area (Å²) in [6.07, 6.45) is -0.596. The Morgan fingerprint density at radius 2 is 1.85 bits per heavy atom. The summed E-state index contributed by atoms with van der Waals surface area (Å²) in [5.74, 6) is -1.12. The minimum absolute atomic E-state index is 0.0160. The Morgan fingerprint density at radius 1 is 1.15 bits per heavy atom. The molecular formula is C19H18N2O5. The van der Waals surface area contributed by atoms with Gasteiger partial charge in [-0.3, -0.25) is 9.59 Å². The number of carboxylic acid groups (broad SMARTS) is 1. The fourth-order valence-electron chi connectivity index (χ4n) is 2.79. The Kier molecular flexibility index (Phi) is 4.88. The fourth-order valence-corrected chi connectivity index (χ4v) is 2.79. The predicted octanol–water partition coefficient (Wildman–Crippen LogP) is 2.53. The van der Waals surface area contributed by atoms with Gasteiger partial charge in [0, 0.05) is 13.0 Å². The fraction of sp³-hybridized carbons (Fsp3) is 0.211. The van der Waals surface area contributed by atoms with Gasteiger partial charge in [0.2, 0.25) is 5.91 Å². The van der Waals surface area contributed by atoms with Gasteiger partial charge in [0.25, 0.3) is 5.91 Å². The Labute approximate surface area is 150 Å². The molecule has 2 N–H and O–H groups in total. The number of nitrogens with one attached hydrogen (secondary N) is 1. The highest BCUT2D eigenvalue weighted by molar-refractivity contribution is 6.02. The smallest absolute Gasteiger partial charge is 0.337 e. The standard InChI is InChI=1S/C19H18N2O5/c1-12-18(23)21(15-8-4-5-9-16(15)26-12)11-10-17(22)20-14-7-3-2-6-13(14)19(24)25/h2-9,12H,10-11H2,1H3,(H,20,22)(H,24,25)/t12-/m1/s1. The molecular weight excluding hydrogens is 336 g/mol. The van der Waals surface area contributed by atoms with E-state index >= 15 is 0 Å². The van der Waals surface area contributed by atoms with E-state index in [1.807, 2.05) is 6.07 Å². The quantitative estimate of drug-likeness (QED) is 0.860. The van der Waals surface area contributed by atoms with Crippen LogP contribution in [0.1, 0.15) is 23.7 Å². The SMILES string of the molecule is C[C@H]1Oc2ccccc2N(CCC(=O)Nc2ccccc2C(=O)O)C1=O. The lowest BCUT2D eigenvalue weighted by Crippen LogP contribution is -2.45. The number of aromatic carboxylic acids is 1. The van der Waals surface area contributed by atoms with Gasteiger partial charge in [-0.2, -0.15) is 0 Å². The molecule has 0 saturated heterocycles. The van der Waals surface area contributed by atoms with Crippen molar-refractivity contribution in [3.05, 3.63) is 54.1 Å². The van der Waals surface area contributed by atoms with Gasteiger partial charge < -0.3 is 20.1 Å². The summed E-state index contributed by atoms with van der Waals surface area (Å²) in [5.41, 5.74) is 0.865. The van der Waals surface area contributed by atoms with E-state index in [0.717, 1.165) is 0 Å². The van der Waals surface area contributed by atoms with Crippen molar-refractivity contribution < 1.29 is 24.2 Å². The highest BCUT2D eigenvalue weighted by Gasteiger charge is 2.31. The van der Waals surface area contributed by atoms with Crippen LogP contribution in [-0.2, 0) is 9.59 Å². The van der Waals surface area contributed by atoms with Crippen molar-refractivity contribution in [3.63, 3.8) is 0 Å². The Morgan fingerprint density at radius 3 is 2.62 bits per heavy atom. The van der Waals surface area contributed by atoms with E-state index in [4.69, 9.17) is 9.84 Å². The summed E-state index contributed by atoms with van der Waals surface area (Å²) in [7, 11) is 0. The maximum absolute atomic E-state index is 12.4. The summed E-state index contributed by atoms with van der Waals surface area (Å²) < 4.78 is 5.56. The second kappa shape index (κ2) is 7.26. The van der Waals surface area contributed by atoms with Gasteiger partial charge in [-0.25, -0.2) is 4.79 Å². The number of benzene rings is 2. The summed E-state index contributed by atoms with van der Waals surface area (Å²) in [5, 5.41) is 11.8. The third-order valence-corrected chi connectivity index (χ3v) is 4.07. The number of fused-ring (bicyclic) bond motifs is 1. The van der Waals surface area contributed by atoms with Crippen molar-refractivity contribution in [2.45, 2.75) is 19.4 Å². The maximum atomic E-state index is 12.4. The molecule has 1 atom stereocenters. The molecule has 0 aromatic heterocycles. The van der Waals surface area contributed by atoms with Gasteiger partial charge in [0.15, 0.2) is 6.10 Å². The number of carbonyl (C=O) groups excluding carboxylic acids is 2. The average molecular weight is 354 g/mol. The molecule has 0 saturated carbocycles. The minimum atomic E-state index is -1.12. The van der Waals surface area contributed by atoms with E-state index in [1.165, 1.54) is 17.0 Å². The molecule has 0 fully saturated rings. The third-order valence-electron chi connectivity index (χ3n) is 4.07. The molecule has 134 valence electrons. The number of carboxylic acids is 1. The van der Waals surface area contributed by atoms with Crippen molar-refractivity contribution in [3.8, 4) is 5.75 Å². The molecule has 2 aromatic rings. The van der Waals surface area contributed by atoms with Crippen LogP contribution < -0.4 is 15.0 Å². The van der Waals surface area contributed by atoms with Crippen LogP contribution in [0.5, 0.6) is 5.75 Å². The summed E-state index contributed by atoms with van der Waals surface area (Å²) in [6.45, 7) is 1.83. The Hall–Kier alpha value is -3.35. The van der Waals surface area contributed by atoms with Crippen LogP contribution in [0.4, 0.5) is 11.4 Å². The zero-order valence-corrected chi connectivity index (χ0v) is 14.1. The molecule has 3 rings (SSSR count). The first-order valence-electron chi connectivity index (χ1n) is 8.16. The minimum Gasteiger partial charge on any atom is -0.479 e. The van der Waals surface area contributed by atoms with Crippen LogP contribution in [0.15, 0.2) is 48.5 Å². The molecule has 0 unspecified atom stereocenters. The number of ether oxygens (including phenoxy) is 1. The number of anilines is 2. The van der Waals surface area contributed by atoms with Crippen LogP contribution in [0, 0.1) is 0 Å². The molecule has 26 heavy (non-hydrogen) atoms. The van der Waals surface area contributed by atoms with Crippen molar-refractivity contribution in [2.75, 3.05) is 16.8 Å². The number of rotatable bonds is 5. The van der Waals surface area contributed by atoms with Crippen LogP contribution >= 0.6 is 0 Å². The van der Waals surface area contributed by atoms with Crippen LogP contribution in [0.3, 0.4) is 0 Å². The first-order valence-corrected chi connectivity index (χ1v) is 8.16. The normalized spacial score (nSPS) is 15.8. The molecule has 0 spiro atoms. The molecule has 0 bridgehead atoms. The molecule has 2 amide bonds. The molecule has 2 aromatic carbocycles. The Bertz CT molecular complexity index is 865. The molecule has 0 aliphatic carbocycles. The number of carbonyl (C=O) groups is 3. The number of amides is 2. The molecule has 1 aliphatic heterocycles. The van der Waals surface area contributed by atoms with Crippen molar-refractivity contribution >= 4 is 29.2 Å². The van der Waals surface area contributed by atoms with Crippen molar-refractivity contribution in [2.24, 2.45) is 0 Å². The molecule has 1 aliphatic rings. The van der Waals surface area contributed by atoms with E-state index in [0.29, 0.717) is 11.4 Å². The second-order valence-corrected chi connectivity index (χ2v) is 5.87. The van der Waals surface area contributed by atoms with E-state index in [-0.39, 0.29) is 36.0 Å². The van der Waals surface area contributed by atoms with Gasteiger partial charge in [-0.1, -0.05) is 24.3 Å².